The lowest BCUT2D eigenvalue weighted by Gasteiger charge is -2.23. The van der Waals surface area contributed by atoms with E-state index in [1.54, 1.807) is 11.5 Å². The van der Waals surface area contributed by atoms with Gasteiger partial charge in [0, 0.05) is 17.1 Å². The van der Waals surface area contributed by atoms with Crippen LogP contribution in [0.25, 0.3) is 0 Å². The monoisotopic (exact) mass is 211 g/mol. The highest BCUT2D eigenvalue weighted by atomic mass is 32.1. The second-order valence-electron chi connectivity index (χ2n) is 3.95. The topological polar surface area (TPSA) is 28.2 Å². The minimum atomic E-state index is 0.579. The molecule has 0 saturated carbocycles. The van der Waals surface area contributed by atoms with Crippen molar-refractivity contribution < 1.29 is 0 Å². The highest BCUT2D eigenvalue weighted by molar-refractivity contribution is 7.05. The molecule has 1 aromatic rings. The van der Waals surface area contributed by atoms with E-state index in [-0.39, 0.29) is 0 Å². The number of nitrogens with zero attached hydrogens (tertiary/aromatic N) is 2. The maximum Gasteiger partial charge on any atom is 0.0495 e. The molecule has 2 atom stereocenters. The van der Waals surface area contributed by atoms with Gasteiger partial charge in [0.15, 0.2) is 0 Å². The van der Waals surface area contributed by atoms with Crippen molar-refractivity contribution in [3.63, 3.8) is 0 Å². The van der Waals surface area contributed by atoms with E-state index in [0.717, 1.165) is 12.5 Å². The summed E-state index contributed by atoms with van der Waals surface area (Å²) < 4.78 is 4.19. The molecule has 2 heterocycles. The average Bonchev–Trinajstić information content (AvgIpc) is 2.76. The first-order chi connectivity index (χ1) is 6.83. The molecule has 0 spiro atoms. The molecule has 0 bridgehead atoms. The van der Waals surface area contributed by atoms with Gasteiger partial charge in [-0.2, -0.15) is 0 Å². The van der Waals surface area contributed by atoms with Gasteiger partial charge in [-0.05, 0) is 57.1 Å². The van der Waals surface area contributed by atoms with Crippen LogP contribution in [0.15, 0.2) is 12.3 Å². The van der Waals surface area contributed by atoms with Crippen LogP contribution in [-0.2, 0) is 0 Å². The molecule has 1 fully saturated rings. The molecule has 14 heavy (non-hydrogen) atoms. The number of aromatic nitrogens is 1. The molecule has 1 aliphatic rings. The van der Waals surface area contributed by atoms with Crippen molar-refractivity contribution in [3.8, 4) is 0 Å². The normalized spacial score (nSPS) is 28.4. The van der Waals surface area contributed by atoms with E-state index < -0.39 is 0 Å². The number of rotatable bonds is 3. The van der Waals surface area contributed by atoms with E-state index >= 15 is 0 Å². The number of nitrogens with one attached hydrogen (secondary N) is 1. The van der Waals surface area contributed by atoms with Crippen LogP contribution in [0.4, 0.5) is 0 Å². The van der Waals surface area contributed by atoms with Crippen molar-refractivity contribution in [3.05, 3.63) is 17.1 Å². The first kappa shape index (κ1) is 10.1. The fourth-order valence-electron chi connectivity index (χ4n) is 2.33. The van der Waals surface area contributed by atoms with Crippen LogP contribution < -0.4 is 5.32 Å². The van der Waals surface area contributed by atoms with Gasteiger partial charge in [-0.3, -0.25) is 4.90 Å². The molecule has 1 N–H and O–H groups in total. The van der Waals surface area contributed by atoms with Crippen LogP contribution in [0, 0.1) is 5.92 Å². The molecule has 1 aliphatic heterocycles. The van der Waals surface area contributed by atoms with Gasteiger partial charge in [-0.1, -0.05) is 0 Å². The van der Waals surface area contributed by atoms with Crippen molar-refractivity contribution in [1.29, 1.82) is 0 Å². The van der Waals surface area contributed by atoms with Gasteiger partial charge in [0.1, 0.15) is 0 Å². The first-order valence-electron chi connectivity index (χ1n) is 5.08. The van der Waals surface area contributed by atoms with E-state index in [9.17, 15) is 0 Å². The maximum atomic E-state index is 4.19. The van der Waals surface area contributed by atoms with Gasteiger partial charge in [-0.15, -0.1) is 0 Å². The summed E-state index contributed by atoms with van der Waals surface area (Å²) in [6.45, 7) is 2.31. The van der Waals surface area contributed by atoms with Gasteiger partial charge in [-0.25, -0.2) is 4.37 Å². The maximum absolute atomic E-state index is 4.19. The van der Waals surface area contributed by atoms with Gasteiger partial charge >= 0.3 is 0 Å². The van der Waals surface area contributed by atoms with Crippen molar-refractivity contribution in [2.75, 3.05) is 27.2 Å². The third-order valence-corrected chi connectivity index (χ3v) is 3.81. The Hall–Kier alpha value is -0.450. The summed E-state index contributed by atoms with van der Waals surface area (Å²) in [5, 5.41) is 3.28. The molecule has 1 saturated heterocycles. The zero-order valence-corrected chi connectivity index (χ0v) is 9.55. The molecule has 0 radical (unpaired) electrons. The predicted octanol–water partition coefficient (Wildman–Crippen LogP) is 1.36. The molecular weight excluding hydrogens is 194 g/mol. The summed E-state index contributed by atoms with van der Waals surface area (Å²) in [5.74, 6) is 0.741. The van der Waals surface area contributed by atoms with Crippen molar-refractivity contribution in [2.24, 2.45) is 5.92 Å². The molecule has 3 nitrogen and oxygen atoms in total. The fourth-order valence-corrected chi connectivity index (χ4v) is 3.18. The standard InChI is InChI=1S/C10H17N3S/c1-11-7-8-4-6-13(2)10(8)9-3-5-12-14-9/h3,5,8,10-11H,4,6-7H2,1-2H3. The van der Waals surface area contributed by atoms with E-state index in [1.807, 2.05) is 13.2 Å². The molecule has 2 rings (SSSR count). The summed E-state index contributed by atoms with van der Waals surface area (Å²) in [7, 11) is 4.24. The SMILES string of the molecule is CNCC1CCN(C)C1c1ccns1. The van der Waals surface area contributed by atoms with E-state index in [1.165, 1.54) is 17.8 Å². The minimum absolute atomic E-state index is 0.579. The quantitative estimate of drug-likeness (QED) is 0.818. The average molecular weight is 211 g/mol. The Morgan fingerprint density at radius 3 is 3.21 bits per heavy atom. The minimum Gasteiger partial charge on any atom is -0.319 e. The van der Waals surface area contributed by atoms with Crippen LogP contribution in [0.2, 0.25) is 0 Å². The van der Waals surface area contributed by atoms with Gasteiger partial charge in [0.2, 0.25) is 0 Å². The summed E-state index contributed by atoms with van der Waals surface area (Å²) in [6.07, 6.45) is 3.20. The summed E-state index contributed by atoms with van der Waals surface area (Å²) in [6, 6.07) is 2.73. The number of hydrogen-bond acceptors (Lipinski definition) is 4. The van der Waals surface area contributed by atoms with Gasteiger partial charge < -0.3 is 5.32 Å². The zero-order valence-electron chi connectivity index (χ0n) is 8.73. The second-order valence-corrected chi connectivity index (χ2v) is 4.81. The Balaban J connectivity index is 2.13. The molecule has 1 aromatic heterocycles. The molecule has 4 heteroatoms. The second kappa shape index (κ2) is 4.38. The number of likely N-dealkylation sites (tertiary alicyclic amines) is 1. The largest absolute Gasteiger partial charge is 0.319 e. The highest BCUT2D eigenvalue weighted by Crippen LogP contribution is 2.36. The van der Waals surface area contributed by atoms with Crippen LogP contribution in [0.1, 0.15) is 17.3 Å². The smallest absolute Gasteiger partial charge is 0.0495 e. The van der Waals surface area contributed by atoms with E-state index in [0.29, 0.717) is 6.04 Å². The Kier molecular flexibility index (Phi) is 3.15. The zero-order chi connectivity index (χ0) is 9.97. The van der Waals surface area contributed by atoms with Crippen LogP contribution in [-0.4, -0.2) is 36.5 Å². The van der Waals surface area contributed by atoms with E-state index in [4.69, 9.17) is 0 Å². The lowest BCUT2D eigenvalue weighted by molar-refractivity contribution is 0.278. The first-order valence-corrected chi connectivity index (χ1v) is 5.85. The molecule has 2 unspecified atom stereocenters. The van der Waals surface area contributed by atoms with Crippen molar-refractivity contribution in [1.82, 2.24) is 14.6 Å². The van der Waals surface area contributed by atoms with Crippen LogP contribution in [0.5, 0.6) is 0 Å². The third-order valence-electron chi connectivity index (χ3n) is 2.99. The highest BCUT2D eigenvalue weighted by Gasteiger charge is 2.33. The molecule has 0 aromatic carbocycles. The molecule has 0 amide bonds. The molecular formula is C10H17N3S. The predicted molar refractivity (Wildman–Crippen MR) is 59.5 cm³/mol. The number of hydrogen-bond donors (Lipinski definition) is 1. The Morgan fingerprint density at radius 2 is 2.57 bits per heavy atom. The lowest BCUT2D eigenvalue weighted by atomic mass is 9.99. The Labute approximate surface area is 89.3 Å². The van der Waals surface area contributed by atoms with E-state index in [2.05, 4.69) is 27.7 Å². The van der Waals surface area contributed by atoms with Crippen LogP contribution in [0.3, 0.4) is 0 Å². The summed E-state index contributed by atoms with van der Waals surface area (Å²) in [4.78, 5) is 3.85. The van der Waals surface area contributed by atoms with Crippen molar-refractivity contribution >= 4 is 11.5 Å². The third kappa shape index (κ3) is 1.82. The Bertz CT molecular complexity index is 271. The van der Waals surface area contributed by atoms with Gasteiger partial charge in [0.05, 0.1) is 0 Å². The molecule has 0 aliphatic carbocycles. The molecule has 78 valence electrons. The van der Waals surface area contributed by atoms with Crippen molar-refractivity contribution in [2.45, 2.75) is 12.5 Å². The summed E-state index contributed by atoms with van der Waals surface area (Å²) >= 11 is 1.63. The fraction of sp³-hybridized carbons (Fsp3) is 0.700. The lowest BCUT2D eigenvalue weighted by Crippen LogP contribution is -2.26. The van der Waals surface area contributed by atoms with Gasteiger partial charge in [0.25, 0.3) is 0 Å². The Morgan fingerprint density at radius 1 is 1.71 bits per heavy atom. The van der Waals surface area contributed by atoms with Crippen LogP contribution >= 0.6 is 11.5 Å². The summed E-state index contributed by atoms with van der Waals surface area (Å²) in [5.41, 5.74) is 0.